The first kappa shape index (κ1) is 22.4. The van der Waals surface area contributed by atoms with Gasteiger partial charge in [-0.15, -0.1) is 11.3 Å². The second-order valence-corrected chi connectivity index (χ2v) is 11.4. The van der Waals surface area contributed by atoms with Crippen LogP contribution in [0.25, 0.3) is 10.9 Å². The van der Waals surface area contributed by atoms with Crippen LogP contribution in [0.15, 0.2) is 76.3 Å². The smallest absolute Gasteiger partial charge is 0.273 e. The number of nitrogens with one attached hydrogen (secondary N) is 2. The van der Waals surface area contributed by atoms with Crippen LogP contribution in [0.3, 0.4) is 0 Å². The third kappa shape index (κ3) is 4.85. The van der Waals surface area contributed by atoms with E-state index in [-0.39, 0.29) is 10.1 Å². The Labute approximate surface area is 195 Å². The van der Waals surface area contributed by atoms with Gasteiger partial charge in [0.15, 0.2) is 0 Å². The van der Waals surface area contributed by atoms with Crippen molar-refractivity contribution in [1.29, 1.82) is 0 Å². The lowest BCUT2D eigenvalue weighted by Crippen LogP contribution is -2.26. The molecule has 0 saturated carbocycles. The summed E-state index contributed by atoms with van der Waals surface area (Å²) in [6.07, 6.45) is 0. The zero-order valence-electron chi connectivity index (χ0n) is 17.4. The fourth-order valence-corrected chi connectivity index (χ4v) is 6.48. The molecule has 0 fully saturated rings. The average molecular weight is 486 g/mol. The molecule has 166 valence electrons. The first-order valence-corrected chi connectivity index (χ1v) is 13.5. The molecule has 0 saturated heterocycles. The Bertz CT molecular complexity index is 1300. The first-order chi connectivity index (χ1) is 15.5. The molecule has 2 heterocycles. The number of fused-ring (bicyclic) bond motifs is 1. The van der Waals surface area contributed by atoms with Crippen LogP contribution in [0.5, 0.6) is 0 Å². The molecular formula is C23H23N3O3S3. The average Bonchev–Trinajstić information content (AvgIpc) is 3.49. The monoisotopic (exact) mass is 485 g/mol. The van der Waals surface area contributed by atoms with Crippen molar-refractivity contribution in [3.8, 4) is 0 Å². The Morgan fingerprint density at radius 1 is 1.09 bits per heavy atom. The van der Waals surface area contributed by atoms with E-state index in [1.54, 1.807) is 47.5 Å². The molecule has 0 aliphatic carbocycles. The second-order valence-electron chi connectivity index (χ2n) is 7.12. The van der Waals surface area contributed by atoms with Crippen LogP contribution in [-0.2, 0) is 15.8 Å². The summed E-state index contributed by atoms with van der Waals surface area (Å²) < 4.78 is 27.4. The summed E-state index contributed by atoms with van der Waals surface area (Å²) in [7, 11) is -2.14. The molecular weight excluding hydrogens is 462 g/mol. The molecule has 2 aromatic heterocycles. The molecule has 4 aromatic rings. The molecule has 0 radical (unpaired) electrons. The summed E-state index contributed by atoms with van der Waals surface area (Å²) in [5.74, 6) is 1.49. The number of nitrogens with zero attached hydrogens (tertiary/aromatic N) is 1. The van der Waals surface area contributed by atoms with Gasteiger partial charge in [-0.05, 0) is 29.1 Å². The van der Waals surface area contributed by atoms with Crippen molar-refractivity contribution in [2.75, 3.05) is 23.7 Å². The highest BCUT2D eigenvalue weighted by Gasteiger charge is 2.24. The van der Waals surface area contributed by atoms with Gasteiger partial charge in [0.2, 0.25) is 0 Å². The number of amides is 1. The van der Waals surface area contributed by atoms with Crippen LogP contribution in [-0.4, -0.2) is 38.7 Å². The number of aromatic nitrogens is 1. The number of carbonyl (C=O) groups excluding carboxylic acids is 1. The third-order valence-corrected chi connectivity index (χ3v) is 9.15. The molecule has 0 aliphatic rings. The molecule has 0 unspecified atom stereocenters. The number of rotatable bonds is 9. The largest absolute Gasteiger partial charge is 0.350 e. The Hall–Kier alpha value is -2.75. The van der Waals surface area contributed by atoms with Gasteiger partial charge in [-0.2, -0.15) is 11.8 Å². The number of H-pyrrole nitrogens is 1. The first-order valence-electron chi connectivity index (χ1n) is 10.0. The fraction of sp³-hybridized carbons (Fsp3) is 0.174. The number of benzene rings is 2. The molecule has 9 heteroatoms. The fourth-order valence-electron chi connectivity index (χ4n) is 3.30. The molecule has 0 aliphatic heterocycles. The Balaban J connectivity index is 1.43. The molecule has 0 spiro atoms. The van der Waals surface area contributed by atoms with Crippen LogP contribution in [0.4, 0.5) is 5.69 Å². The maximum absolute atomic E-state index is 12.9. The predicted molar refractivity (Wildman–Crippen MR) is 133 cm³/mol. The van der Waals surface area contributed by atoms with Gasteiger partial charge in [0.1, 0.15) is 9.90 Å². The van der Waals surface area contributed by atoms with E-state index < -0.39 is 10.0 Å². The molecule has 6 nitrogen and oxygen atoms in total. The number of aromatic amines is 1. The van der Waals surface area contributed by atoms with Crippen molar-refractivity contribution in [3.63, 3.8) is 0 Å². The van der Waals surface area contributed by atoms with Gasteiger partial charge < -0.3 is 10.3 Å². The zero-order valence-corrected chi connectivity index (χ0v) is 19.9. The highest BCUT2D eigenvalue weighted by atomic mass is 32.2. The quantitative estimate of drug-likeness (QED) is 0.336. The predicted octanol–water partition coefficient (Wildman–Crippen LogP) is 4.72. The number of thiophene rings is 1. The maximum Gasteiger partial charge on any atom is 0.273 e. The summed E-state index contributed by atoms with van der Waals surface area (Å²) in [5.41, 5.74) is 2.77. The SMILES string of the molecule is CN(c1cccc2cc(C(=O)NCCSCc3ccccc3)[nH]c12)S(=O)(=O)c1cccs1. The molecule has 1 amide bonds. The summed E-state index contributed by atoms with van der Waals surface area (Å²) >= 11 is 2.93. The summed E-state index contributed by atoms with van der Waals surface area (Å²) in [5, 5.41) is 5.44. The minimum atomic E-state index is -3.67. The minimum absolute atomic E-state index is 0.212. The van der Waals surface area contributed by atoms with Gasteiger partial charge in [0.25, 0.3) is 15.9 Å². The van der Waals surface area contributed by atoms with E-state index in [2.05, 4.69) is 22.4 Å². The van der Waals surface area contributed by atoms with Crippen molar-refractivity contribution in [3.05, 3.63) is 83.4 Å². The summed E-state index contributed by atoms with van der Waals surface area (Å²) in [4.78, 5) is 15.7. The van der Waals surface area contributed by atoms with Gasteiger partial charge in [0, 0.05) is 30.5 Å². The van der Waals surface area contributed by atoms with E-state index in [4.69, 9.17) is 0 Å². The van der Waals surface area contributed by atoms with Crippen LogP contribution in [0.2, 0.25) is 0 Å². The van der Waals surface area contributed by atoms with E-state index in [1.165, 1.54) is 28.3 Å². The van der Waals surface area contributed by atoms with Gasteiger partial charge >= 0.3 is 0 Å². The lowest BCUT2D eigenvalue weighted by Gasteiger charge is -2.19. The molecule has 4 rings (SSSR count). The van der Waals surface area contributed by atoms with Crippen LogP contribution < -0.4 is 9.62 Å². The van der Waals surface area contributed by atoms with Crippen molar-refractivity contribution in [2.45, 2.75) is 9.96 Å². The van der Waals surface area contributed by atoms with E-state index in [0.29, 0.717) is 23.4 Å². The highest BCUT2D eigenvalue weighted by Crippen LogP contribution is 2.31. The number of anilines is 1. The van der Waals surface area contributed by atoms with Gasteiger partial charge in [-0.1, -0.05) is 48.5 Å². The molecule has 2 N–H and O–H groups in total. The maximum atomic E-state index is 12.9. The van der Waals surface area contributed by atoms with Crippen LogP contribution in [0, 0.1) is 0 Å². The zero-order chi connectivity index (χ0) is 22.6. The molecule has 2 aromatic carbocycles. The van der Waals surface area contributed by atoms with Crippen molar-refractivity contribution >= 4 is 55.6 Å². The van der Waals surface area contributed by atoms with E-state index in [9.17, 15) is 13.2 Å². The number of hydrogen-bond acceptors (Lipinski definition) is 5. The molecule has 0 bridgehead atoms. The Morgan fingerprint density at radius 2 is 1.91 bits per heavy atom. The lowest BCUT2D eigenvalue weighted by molar-refractivity contribution is 0.0952. The number of carbonyl (C=O) groups is 1. The summed E-state index contributed by atoms with van der Waals surface area (Å²) in [6.45, 7) is 0.547. The number of thioether (sulfide) groups is 1. The van der Waals surface area contributed by atoms with E-state index in [0.717, 1.165) is 16.9 Å². The Kier molecular flexibility index (Phi) is 6.88. The normalized spacial score (nSPS) is 11.5. The van der Waals surface area contributed by atoms with Crippen LogP contribution in [0.1, 0.15) is 16.1 Å². The molecule has 32 heavy (non-hydrogen) atoms. The Morgan fingerprint density at radius 3 is 2.66 bits per heavy atom. The van der Waals surface area contributed by atoms with Gasteiger partial charge in [-0.25, -0.2) is 8.42 Å². The topological polar surface area (TPSA) is 82.3 Å². The minimum Gasteiger partial charge on any atom is -0.350 e. The number of sulfonamides is 1. The highest BCUT2D eigenvalue weighted by molar-refractivity contribution is 7.98. The van der Waals surface area contributed by atoms with Gasteiger partial charge in [0.05, 0.1) is 11.2 Å². The molecule has 0 atom stereocenters. The van der Waals surface area contributed by atoms with E-state index >= 15 is 0 Å². The number of para-hydroxylation sites is 1. The third-order valence-electron chi connectivity index (χ3n) is 4.97. The van der Waals surface area contributed by atoms with Crippen LogP contribution >= 0.6 is 23.1 Å². The lowest BCUT2D eigenvalue weighted by atomic mass is 10.2. The van der Waals surface area contributed by atoms with Crippen molar-refractivity contribution < 1.29 is 13.2 Å². The van der Waals surface area contributed by atoms with E-state index in [1.807, 2.05) is 24.3 Å². The van der Waals surface area contributed by atoms with Crippen molar-refractivity contribution in [2.24, 2.45) is 0 Å². The second kappa shape index (κ2) is 9.81. The van der Waals surface area contributed by atoms with Crippen molar-refractivity contribution in [1.82, 2.24) is 10.3 Å². The summed E-state index contributed by atoms with van der Waals surface area (Å²) in [6, 6.07) is 20.6. The standard InChI is InChI=1S/C23H23N3O3S3/c1-26(32(28,29)21-11-6-13-31-21)20-10-5-9-18-15-19(25-22(18)20)23(27)24-12-14-30-16-17-7-3-2-4-8-17/h2-11,13,15,25H,12,14,16H2,1H3,(H,24,27). The number of hydrogen-bond donors (Lipinski definition) is 2. The van der Waals surface area contributed by atoms with Gasteiger partial charge in [-0.3, -0.25) is 9.10 Å².